The molecule has 0 radical (unpaired) electrons. The molecular formula is C13H16ClNO3. The summed E-state index contributed by atoms with van der Waals surface area (Å²) in [5, 5.41) is 0.188. The van der Waals surface area contributed by atoms with Gasteiger partial charge in [-0.05, 0) is 36.9 Å². The fourth-order valence-electron chi connectivity index (χ4n) is 2.39. The molecule has 98 valence electrons. The van der Waals surface area contributed by atoms with E-state index >= 15 is 0 Å². The minimum atomic E-state index is -0.0110. The van der Waals surface area contributed by atoms with Crippen LogP contribution in [0.2, 0.25) is 5.22 Å². The molecule has 2 fully saturated rings. The Morgan fingerprint density at radius 1 is 1.44 bits per heavy atom. The van der Waals surface area contributed by atoms with Crippen molar-refractivity contribution < 1.29 is 13.9 Å². The van der Waals surface area contributed by atoms with Gasteiger partial charge in [0, 0.05) is 25.1 Å². The monoisotopic (exact) mass is 269 g/mol. The van der Waals surface area contributed by atoms with Gasteiger partial charge in [-0.15, -0.1) is 0 Å². The Morgan fingerprint density at radius 3 is 2.83 bits per heavy atom. The SMILES string of the molecule is O=C(c1ccoc1Cl)N(CC1CCOC1)C1CC1. The van der Waals surface area contributed by atoms with Gasteiger partial charge in [-0.1, -0.05) is 0 Å². The van der Waals surface area contributed by atoms with Crippen molar-refractivity contribution >= 4 is 17.5 Å². The van der Waals surface area contributed by atoms with Crippen LogP contribution >= 0.6 is 11.6 Å². The van der Waals surface area contributed by atoms with Crippen LogP contribution < -0.4 is 0 Å². The van der Waals surface area contributed by atoms with E-state index in [4.69, 9.17) is 20.8 Å². The molecule has 0 aromatic carbocycles. The van der Waals surface area contributed by atoms with Crippen molar-refractivity contribution in [2.75, 3.05) is 19.8 Å². The van der Waals surface area contributed by atoms with Gasteiger partial charge in [-0.3, -0.25) is 4.79 Å². The minimum absolute atomic E-state index is 0.0110. The number of carbonyl (C=O) groups excluding carboxylic acids is 1. The van der Waals surface area contributed by atoms with Gasteiger partial charge in [-0.2, -0.15) is 0 Å². The molecule has 3 rings (SSSR count). The Morgan fingerprint density at radius 2 is 2.28 bits per heavy atom. The van der Waals surface area contributed by atoms with Crippen molar-refractivity contribution in [2.24, 2.45) is 5.92 Å². The molecule has 2 heterocycles. The highest BCUT2D eigenvalue weighted by Gasteiger charge is 2.36. The van der Waals surface area contributed by atoms with E-state index < -0.39 is 0 Å². The summed E-state index contributed by atoms with van der Waals surface area (Å²) in [5.41, 5.74) is 0.475. The molecule has 1 unspecified atom stereocenters. The summed E-state index contributed by atoms with van der Waals surface area (Å²) in [6, 6.07) is 2.02. The highest BCUT2D eigenvalue weighted by molar-refractivity contribution is 6.32. The topological polar surface area (TPSA) is 42.7 Å². The van der Waals surface area contributed by atoms with Crippen molar-refractivity contribution in [3.63, 3.8) is 0 Å². The van der Waals surface area contributed by atoms with E-state index in [0.29, 0.717) is 17.5 Å². The first kappa shape index (κ1) is 12.1. The molecule has 18 heavy (non-hydrogen) atoms. The van der Waals surface area contributed by atoms with E-state index in [9.17, 15) is 4.79 Å². The third-order valence-corrected chi connectivity index (χ3v) is 3.87. The molecule has 1 amide bonds. The number of halogens is 1. The lowest BCUT2D eigenvalue weighted by molar-refractivity contribution is 0.0706. The van der Waals surface area contributed by atoms with Crippen molar-refractivity contribution in [3.05, 3.63) is 23.1 Å². The maximum Gasteiger partial charge on any atom is 0.258 e. The van der Waals surface area contributed by atoms with Crippen LogP contribution in [0.3, 0.4) is 0 Å². The van der Waals surface area contributed by atoms with E-state index in [1.807, 2.05) is 4.90 Å². The molecule has 0 bridgehead atoms. The Labute approximate surface area is 111 Å². The molecule has 4 nitrogen and oxygen atoms in total. The molecule has 0 spiro atoms. The molecule has 5 heteroatoms. The van der Waals surface area contributed by atoms with Crippen LogP contribution in [0.25, 0.3) is 0 Å². The summed E-state index contributed by atoms with van der Waals surface area (Å²) in [5.74, 6) is 0.448. The smallest absolute Gasteiger partial charge is 0.258 e. The summed E-state index contributed by atoms with van der Waals surface area (Å²) in [7, 11) is 0. The normalized spacial score (nSPS) is 23.3. The van der Waals surface area contributed by atoms with E-state index in [1.165, 1.54) is 6.26 Å². The fourth-order valence-corrected chi connectivity index (χ4v) is 2.59. The van der Waals surface area contributed by atoms with Crippen LogP contribution in [-0.4, -0.2) is 36.6 Å². The number of hydrogen-bond acceptors (Lipinski definition) is 3. The van der Waals surface area contributed by atoms with Crippen LogP contribution in [0, 0.1) is 5.92 Å². The van der Waals surface area contributed by atoms with Crippen molar-refractivity contribution in [1.82, 2.24) is 4.90 Å². The number of amides is 1. The second kappa shape index (κ2) is 4.94. The van der Waals surface area contributed by atoms with Crippen LogP contribution in [0.5, 0.6) is 0 Å². The van der Waals surface area contributed by atoms with E-state index in [1.54, 1.807) is 6.07 Å². The first-order valence-corrected chi connectivity index (χ1v) is 6.75. The number of nitrogens with zero attached hydrogens (tertiary/aromatic N) is 1. The maximum atomic E-state index is 12.4. The molecular weight excluding hydrogens is 254 g/mol. The summed E-state index contributed by atoms with van der Waals surface area (Å²) >= 11 is 5.88. The van der Waals surface area contributed by atoms with Gasteiger partial charge in [0.2, 0.25) is 5.22 Å². The molecule has 0 N–H and O–H groups in total. The second-order valence-electron chi connectivity index (χ2n) is 5.03. The predicted octanol–water partition coefficient (Wildman–Crippen LogP) is 2.57. The van der Waals surface area contributed by atoms with Gasteiger partial charge in [0.05, 0.1) is 18.4 Å². The van der Waals surface area contributed by atoms with Crippen LogP contribution in [0.4, 0.5) is 0 Å². The summed E-state index contributed by atoms with van der Waals surface area (Å²) in [6.07, 6.45) is 4.68. The zero-order valence-electron chi connectivity index (χ0n) is 10.1. The zero-order chi connectivity index (χ0) is 12.5. The number of carbonyl (C=O) groups is 1. The summed E-state index contributed by atoms with van der Waals surface area (Å²) in [4.78, 5) is 14.4. The molecule has 1 saturated heterocycles. The fraction of sp³-hybridized carbons (Fsp3) is 0.615. The molecule has 1 saturated carbocycles. The second-order valence-corrected chi connectivity index (χ2v) is 5.37. The third kappa shape index (κ3) is 2.40. The highest BCUT2D eigenvalue weighted by Crippen LogP contribution is 2.31. The largest absolute Gasteiger partial charge is 0.452 e. The Balaban J connectivity index is 1.73. The van der Waals surface area contributed by atoms with Gasteiger partial charge in [0.15, 0.2) is 0 Å². The molecule has 1 aromatic heterocycles. The van der Waals surface area contributed by atoms with E-state index in [0.717, 1.165) is 39.0 Å². The highest BCUT2D eigenvalue weighted by atomic mass is 35.5. The molecule has 1 aromatic rings. The summed E-state index contributed by atoms with van der Waals surface area (Å²) in [6.45, 7) is 2.34. The molecule has 2 aliphatic rings. The van der Waals surface area contributed by atoms with E-state index in [2.05, 4.69) is 0 Å². The standard InChI is InChI=1S/C13H16ClNO3/c14-12-11(4-6-18-12)13(16)15(10-1-2-10)7-9-3-5-17-8-9/h4,6,9-10H,1-3,5,7-8H2. The van der Waals surface area contributed by atoms with Crippen LogP contribution in [0.1, 0.15) is 29.6 Å². The van der Waals surface area contributed by atoms with Crippen LogP contribution in [0.15, 0.2) is 16.7 Å². The lowest BCUT2D eigenvalue weighted by Crippen LogP contribution is -2.37. The van der Waals surface area contributed by atoms with Gasteiger partial charge >= 0.3 is 0 Å². The lowest BCUT2D eigenvalue weighted by Gasteiger charge is -2.24. The molecule has 1 aliphatic carbocycles. The zero-order valence-corrected chi connectivity index (χ0v) is 10.9. The predicted molar refractivity (Wildman–Crippen MR) is 66.7 cm³/mol. The van der Waals surface area contributed by atoms with Crippen LogP contribution in [-0.2, 0) is 4.74 Å². The van der Waals surface area contributed by atoms with Gasteiger partial charge in [-0.25, -0.2) is 0 Å². The average Bonchev–Trinajstić information content (AvgIpc) is 2.89. The Hall–Kier alpha value is -1.00. The average molecular weight is 270 g/mol. The minimum Gasteiger partial charge on any atom is -0.452 e. The summed E-state index contributed by atoms with van der Waals surface area (Å²) < 4.78 is 10.4. The number of furan rings is 1. The van der Waals surface area contributed by atoms with Crippen molar-refractivity contribution in [2.45, 2.75) is 25.3 Å². The number of rotatable bonds is 4. The van der Waals surface area contributed by atoms with E-state index in [-0.39, 0.29) is 11.1 Å². The van der Waals surface area contributed by atoms with Gasteiger partial charge < -0.3 is 14.1 Å². The molecule has 1 aliphatic heterocycles. The number of hydrogen-bond donors (Lipinski definition) is 0. The number of ether oxygens (including phenoxy) is 1. The first-order valence-electron chi connectivity index (χ1n) is 6.37. The van der Waals surface area contributed by atoms with Gasteiger partial charge in [0.1, 0.15) is 0 Å². The van der Waals surface area contributed by atoms with Gasteiger partial charge in [0.25, 0.3) is 5.91 Å². The van der Waals surface area contributed by atoms with Crippen molar-refractivity contribution in [3.8, 4) is 0 Å². The quantitative estimate of drug-likeness (QED) is 0.844. The third-order valence-electron chi connectivity index (χ3n) is 3.58. The lowest BCUT2D eigenvalue weighted by atomic mass is 10.1. The molecule has 1 atom stereocenters. The van der Waals surface area contributed by atoms with Crippen molar-refractivity contribution in [1.29, 1.82) is 0 Å². The Kier molecular flexibility index (Phi) is 3.31. The Bertz CT molecular complexity index is 435. The first-order chi connectivity index (χ1) is 8.75. The maximum absolute atomic E-state index is 12.4.